The van der Waals surface area contributed by atoms with Crippen molar-refractivity contribution < 1.29 is 12.8 Å². The molecule has 2 rings (SSSR count). The average molecular weight is 294 g/mol. The summed E-state index contributed by atoms with van der Waals surface area (Å²) in [6, 6.07) is 10.8. The number of rotatable bonds is 6. The number of furan rings is 1. The van der Waals surface area contributed by atoms with E-state index in [1.807, 2.05) is 19.1 Å². The molecular weight excluding hydrogens is 276 g/mol. The molecule has 0 unspecified atom stereocenters. The molecule has 0 aliphatic rings. The van der Waals surface area contributed by atoms with Crippen molar-refractivity contribution in [3.8, 4) is 0 Å². The van der Waals surface area contributed by atoms with Gasteiger partial charge >= 0.3 is 0 Å². The molecule has 0 radical (unpaired) electrons. The summed E-state index contributed by atoms with van der Waals surface area (Å²) in [5, 5.41) is 0. The number of hydrogen-bond acceptors (Lipinski definition) is 4. The molecule has 5 nitrogen and oxygen atoms in total. The minimum Gasteiger partial charge on any atom is -0.465 e. The first-order valence-corrected chi connectivity index (χ1v) is 7.94. The normalized spacial score (nSPS) is 11.7. The molecule has 0 aliphatic carbocycles. The van der Waals surface area contributed by atoms with Gasteiger partial charge in [-0.25, -0.2) is 13.1 Å². The van der Waals surface area contributed by atoms with Gasteiger partial charge in [0.25, 0.3) is 0 Å². The largest absolute Gasteiger partial charge is 0.465 e. The van der Waals surface area contributed by atoms with E-state index in [-0.39, 0.29) is 12.3 Å². The van der Waals surface area contributed by atoms with E-state index in [9.17, 15) is 8.42 Å². The highest BCUT2D eigenvalue weighted by atomic mass is 32.2. The fraction of sp³-hybridized carbons (Fsp3) is 0.286. The summed E-state index contributed by atoms with van der Waals surface area (Å²) in [5.41, 5.74) is 7.20. The third-order valence-corrected chi connectivity index (χ3v) is 4.18. The van der Waals surface area contributed by atoms with Crippen LogP contribution >= 0.6 is 0 Å². The molecule has 1 heterocycles. The molecule has 0 atom stereocenters. The van der Waals surface area contributed by atoms with Crippen molar-refractivity contribution >= 4 is 10.0 Å². The zero-order valence-electron chi connectivity index (χ0n) is 11.3. The molecule has 0 fully saturated rings. The predicted octanol–water partition coefficient (Wildman–Crippen LogP) is 1.67. The van der Waals surface area contributed by atoms with E-state index in [4.69, 9.17) is 10.2 Å². The first kappa shape index (κ1) is 14.8. The summed E-state index contributed by atoms with van der Waals surface area (Å²) in [7, 11) is -3.38. The lowest BCUT2D eigenvalue weighted by Gasteiger charge is -2.06. The van der Waals surface area contributed by atoms with E-state index >= 15 is 0 Å². The maximum absolute atomic E-state index is 12.0. The molecule has 3 N–H and O–H groups in total. The van der Waals surface area contributed by atoms with Gasteiger partial charge in [-0.2, -0.15) is 0 Å². The van der Waals surface area contributed by atoms with Crippen molar-refractivity contribution in [2.24, 2.45) is 5.73 Å². The number of aryl methyl sites for hydroxylation is 1. The Balaban J connectivity index is 1.96. The van der Waals surface area contributed by atoms with Gasteiger partial charge in [0, 0.05) is 6.54 Å². The first-order chi connectivity index (χ1) is 9.48. The lowest BCUT2D eigenvalue weighted by molar-refractivity contribution is 0.475. The third kappa shape index (κ3) is 4.19. The maximum Gasteiger partial charge on any atom is 0.216 e. The van der Waals surface area contributed by atoms with Crippen molar-refractivity contribution in [3.05, 3.63) is 59.0 Å². The second kappa shape index (κ2) is 6.21. The predicted molar refractivity (Wildman–Crippen MR) is 77.2 cm³/mol. The van der Waals surface area contributed by atoms with E-state index < -0.39 is 10.0 Å². The highest BCUT2D eigenvalue weighted by Gasteiger charge is 2.12. The quantitative estimate of drug-likeness (QED) is 0.848. The molecule has 20 heavy (non-hydrogen) atoms. The molecular formula is C14H18N2O3S. The minimum absolute atomic E-state index is 0.0580. The average Bonchev–Trinajstić information content (AvgIpc) is 2.83. The Morgan fingerprint density at radius 2 is 1.75 bits per heavy atom. The van der Waals surface area contributed by atoms with Crippen LogP contribution in [0.4, 0.5) is 0 Å². The van der Waals surface area contributed by atoms with Crippen LogP contribution in [-0.4, -0.2) is 8.42 Å². The fourth-order valence-electron chi connectivity index (χ4n) is 1.80. The van der Waals surface area contributed by atoms with Crippen molar-refractivity contribution in [1.82, 2.24) is 4.72 Å². The van der Waals surface area contributed by atoms with Crippen LogP contribution in [-0.2, 0) is 28.9 Å². The van der Waals surface area contributed by atoms with Gasteiger partial charge in [-0.3, -0.25) is 0 Å². The van der Waals surface area contributed by atoms with Crippen LogP contribution in [0.1, 0.15) is 22.6 Å². The maximum atomic E-state index is 12.0. The molecule has 0 saturated carbocycles. The third-order valence-electron chi connectivity index (χ3n) is 2.88. The van der Waals surface area contributed by atoms with E-state index in [0.717, 1.165) is 16.9 Å². The second-order valence-corrected chi connectivity index (χ2v) is 6.42. The number of nitrogens with two attached hydrogens (primary N) is 1. The van der Waals surface area contributed by atoms with Crippen LogP contribution < -0.4 is 10.5 Å². The Labute approximate surface area is 118 Å². The molecule has 0 aliphatic heterocycles. The van der Waals surface area contributed by atoms with Crippen LogP contribution in [0.2, 0.25) is 0 Å². The van der Waals surface area contributed by atoms with E-state index in [2.05, 4.69) is 4.72 Å². The number of sulfonamides is 1. The van der Waals surface area contributed by atoms with Crippen molar-refractivity contribution in [2.75, 3.05) is 0 Å². The van der Waals surface area contributed by atoms with E-state index in [1.165, 1.54) is 0 Å². The van der Waals surface area contributed by atoms with Crippen molar-refractivity contribution in [1.29, 1.82) is 0 Å². The summed E-state index contributed by atoms with van der Waals surface area (Å²) in [6.45, 7) is 2.43. The van der Waals surface area contributed by atoms with Crippen LogP contribution in [0.3, 0.4) is 0 Å². The van der Waals surface area contributed by atoms with Gasteiger partial charge < -0.3 is 10.2 Å². The van der Waals surface area contributed by atoms with Crippen LogP contribution in [0.15, 0.2) is 40.8 Å². The zero-order valence-corrected chi connectivity index (χ0v) is 12.1. The SMILES string of the molecule is Cc1ccc(CNS(=O)(=O)Cc2ccc(CN)cc2)o1. The summed E-state index contributed by atoms with van der Waals surface area (Å²) in [4.78, 5) is 0. The summed E-state index contributed by atoms with van der Waals surface area (Å²) >= 11 is 0. The van der Waals surface area contributed by atoms with Crippen LogP contribution in [0, 0.1) is 6.92 Å². The zero-order chi connectivity index (χ0) is 14.6. The molecule has 6 heteroatoms. The molecule has 0 saturated heterocycles. The number of nitrogens with one attached hydrogen (secondary N) is 1. The lowest BCUT2D eigenvalue weighted by Crippen LogP contribution is -2.24. The standard InChI is InChI=1S/C14H18N2O3S/c1-11-2-7-14(19-11)9-16-20(17,18)10-13-5-3-12(8-15)4-6-13/h2-7,16H,8-10,15H2,1H3. The van der Waals surface area contributed by atoms with Crippen molar-refractivity contribution in [2.45, 2.75) is 25.8 Å². The van der Waals surface area contributed by atoms with Gasteiger partial charge in [0.1, 0.15) is 11.5 Å². The molecule has 1 aromatic heterocycles. The first-order valence-electron chi connectivity index (χ1n) is 6.29. The molecule has 0 bridgehead atoms. The molecule has 1 aromatic carbocycles. The summed E-state index contributed by atoms with van der Waals surface area (Å²) in [6.07, 6.45) is 0. The topological polar surface area (TPSA) is 85.3 Å². The molecule has 108 valence electrons. The Bertz CT molecular complexity index is 660. The lowest BCUT2D eigenvalue weighted by atomic mass is 10.1. The Kier molecular flexibility index (Phi) is 4.59. The smallest absolute Gasteiger partial charge is 0.216 e. The highest BCUT2D eigenvalue weighted by Crippen LogP contribution is 2.09. The molecule has 0 amide bonds. The highest BCUT2D eigenvalue weighted by molar-refractivity contribution is 7.88. The number of benzene rings is 1. The van der Waals surface area contributed by atoms with Gasteiger partial charge in [0.2, 0.25) is 10.0 Å². The Morgan fingerprint density at radius 1 is 1.10 bits per heavy atom. The summed E-state index contributed by atoms with van der Waals surface area (Å²) < 4.78 is 31.8. The fourth-order valence-corrected chi connectivity index (χ4v) is 2.90. The van der Waals surface area contributed by atoms with Crippen molar-refractivity contribution in [3.63, 3.8) is 0 Å². The van der Waals surface area contributed by atoms with Crippen LogP contribution in [0.5, 0.6) is 0 Å². The van der Waals surface area contributed by atoms with E-state index in [0.29, 0.717) is 12.3 Å². The van der Waals surface area contributed by atoms with Gasteiger partial charge in [0.15, 0.2) is 0 Å². The molecule has 2 aromatic rings. The Hall–Kier alpha value is -1.63. The monoisotopic (exact) mass is 294 g/mol. The van der Waals surface area contributed by atoms with Gasteiger partial charge in [-0.05, 0) is 30.2 Å². The van der Waals surface area contributed by atoms with Gasteiger partial charge in [-0.1, -0.05) is 24.3 Å². The minimum atomic E-state index is -3.38. The van der Waals surface area contributed by atoms with Gasteiger partial charge in [-0.15, -0.1) is 0 Å². The van der Waals surface area contributed by atoms with Gasteiger partial charge in [0.05, 0.1) is 12.3 Å². The van der Waals surface area contributed by atoms with Crippen LogP contribution in [0.25, 0.3) is 0 Å². The number of hydrogen-bond donors (Lipinski definition) is 2. The summed E-state index contributed by atoms with van der Waals surface area (Å²) in [5.74, 6) is 1.30. The Morgan fingerprint density at radius 3 is 2.30 bits per heavy atom. The van der Waals surface area contributed by atoms with E-state index in [1.54, 1.807) is 24.3 Å². The second-order valence-electron chi connectivity index (χ2n) is 4.61. The molecule has 0 spiro atoms.